The maximum atomic E-state index is 13.0. The maximum Gasteiger partial charge on any atom is 0.264 e. The van der Waals surface area contributed by atoms with Crippen molar-refractivity contribution in [3.05, 3.63) is 22.8 Å². The van der Waals surface area contributed by atoms with E-state index in [0.717, 1.165) is 5.56 Å². The lowest BCUT2D eigenvalue weighted by Gasteiger charge is -2.29. The van der Waals surface area contributed by atoms with E-state index in [0.29, 0.717) is 55.3 Å². The van der Waals surface area contributed by atoms with Crippen LogP contribution in [0.3, 0.4) is 0 Å². The Hall–Kier alpha value is -2.41. The number of carbonyl (C=O) groups excluding carboxylic acids is 1. The molecule has 0 heterocycles. The summed E-state index contributed by atoms with van der Waals surface area (Å²) in [4.78, 5) is 17.0. The van der Waals surface area contributed by atoms with Crippen LogP contribution in [0.15, 0.2) is 16.0 Å². The molecular formula is C26H47N5O6S. The molecule has 6 N–H and O–H groups in total. The number of hydrogen-bond acceptors (Lipinski definition) is 8. The Kier molecular flexibility index (Phi) is 14.0. The topological polar surface area (TPSA) is 167 Å². The van der Waals surface area contributed by atoms with Crippen LogP contribution in [0, 0.1) is 26.7 Å². The number of hydrogen-bond donors (Lipinski definition) is 4. The summed E-state index contributed by atoms with van der Waals surface area (Å²) in [7, 11) is -2.41. The lowest BCUT2D eigenvalue weighted by molar-refractivity contribution is -0.161. The van der Waals surface area contributed by atoms with Crippen molar-refractivity contribution in [2.24, 2.45) is 22.4 Å². The van der Waals surface area contributed by atoms with Gasteiger partial charge in [-0.1, -0.05) is 13.8 Å². The van der Waals surface area contributed by atoms with Crippen LogP contribution in [-0.4, -0.2) is 65.5 Å². The minimum atomic E-state index is -3.95. The first-order chi connectivity index (χ1) is 17.8. The van der Waals surface area contributed by atoms with Crippen molar-refractivity contribution < 1.29 is 27.4 Å². The molecule has 1 amide bonds. The number of aliphatic imine (C=N–C) groups is 1. The lowest BCUT2D eigenvalue weighted by atomic mass is 10.0. The van der Waals surface area contributed by atoms with E-state index in [4.69, 9.17) is 25.7 Å². The number of sulfonamides is 1. The fraction of sp³-hybridized carbons (Fsp3) is 0.692. The molecule has 0 aromatic heterocycles. The highest BCUT2D eigenvalue weighted by molar-refractivity contribution is 7.90. The zero-order chi connectivity index (χ0) is 29.0. The van der Waals surface area contributed by atoms with Gasteiger partial charge in [-0.3, -0.25) is 9.79 Å². The highest BCUT2D eigenvalue weighted by atomic mass is 32.2. The summed E-state index contributed by atoms with van der Waals surface area (Å²) in [5.74, 6) is 0.389. The summed E-state index contributed by atoms with van der Waals surface area (Å²) >= 11 is 0. The predicted octanol–water partition coefficient (Wildman–Crippen LogP) is 2.25. The van der Waals surface area contributed by atoms with Gasteiger partial charge in [0, 0.05) is 19.8 Å². The van der Waals surface area contributed by atoms with Crippen LogP contribution < -0.4 is 26.2 Å². The van der Waals surface area contributed by atoms with Gasteiger partial charge >= 0.3 is 0 Å². The molecule has 1 rings (SSSR count). The zero-order valence-electron chi connectivity index (χ0n) is 24.1. The standard InChI is InChI=1S/C26H47N5O6S/c1-9-36-25(37-10-2)21(14-16(3)4)30-24(32)20(27)12-11-13-29-26(28)31-38(33,34)23-17(5)15-22(35-8)18(6)19(23)7/h15-16,20-21,25H,9-14,27H2,1-8H3,(H,30,32)(H3,28,29,31)/t20-,21-/m0/s1. The summed E-state index contributed by atoms with van der Waals surface area (Å²) in [6.07, 6.45) is 0.902. The van der Waals surface area contributed by atoms with E-state index in [2.05, 4.69) is 28.9 Å². The molecule has 0 radical (unpaired) electrons. The molecule has 12 heteroatoms. The van der Waals surface area contributed by atoms with E-state index in [1.54, 1.807) is 26.8 Å². The molecule has 0 spiro atoms. The SMILES string of the molecule is CCOC(OCC)[C@H](CC(C)C)NC(=O)[C@@H](N)CCCN=C(N)NS(=O)(=O)c1c(C)cc(OC)c(C)c1C. The van der Waals surface area contributed by atoms with Crippen molar-refractivity contribution in [1.82, 2.24) is 10.0 Å². The van der Waals surface area contributed by atoms with Crippen molar-refractivity contribution in [3.8, 4) is 5.75 Å². The number of guanidine groups is 1. The summed E-state index contributed by atoms with van der Waals surface area (Å²) in [6.45, 7) is 14.2. The number of nitrogens with zero attached hydrogens (tertiary/aromatic N) is 1. The molecule has 0 saturated carbocycles. The highest BCUT2D eigenvalue weighted by Crippen LogP contribution is 2.30. The Balaban J connectivity index is 2.75. The van der Waals surface area contributed by atoms with E-state index in [1.165, 1.54) is 7.11 Å². The normalized spacial score (nSPS) is 14.0. The van der Waals surface area contributed by atoms with Crippen LogP contribution in [0.2, 0.25) is 0 Å². The maximum absolute atomic E-state index is 13.0. The van der Waals surface area contributed by atoms with E-state index < -0.39 is 22.4 Å². The number of benzene rings is 1. The van der Waals surface area contributed by atoms with Gasteiger partial charge in [-0.05, 0) is 82.6 Å². The van der Waals surface area contributed by atoms with Crippen molar-refractivity contribution >= 4 is 21.9 Å². The molecule has 0 aliphatic rings. The number of amides is 1. The van der Waals surface area contributed by atoms with Gasteiger partial charge in [-0.2, -0.15) is 0 Å². The quantitative estimate of drug-likeness (QED) is 0.104. The molecule has 0 unspecified atom stereocenters. The van der Waals surface area contributed by atoms with Crippen molar-refractivity contribution in [2.75, 3.05) is 26.9 Å². The van der Waals surface area contributed by atoms with Gasteiger partial charge in [0.1, 0.15) is 5.75 Å². The molecule has 0 aliphatic heterocycles. The number of rotatable bonds is 16. The first kappa shape index (κ1) is 33.6. The average molecular weight is 558 g/mol. The minimum Gasteiger partial charge on any atom is -0.496 e. The van der Waals surface area contributed by atoms with Gasteiger partial charge in [0.2, 0.25) is 11.9 Å². The van der Waals surface area contributed by atoms with E-state index in [1.807, 2.05) is 13.8 Å². The summed E-state index contributed by atoms with van der Waals surface area (Å²) < 4.78 is 45.0. The third-order valence-electron chi connectivity index (χ3n) is 6.04. The monoisotopic (exact) mass is 557 g/mol. The summed E-state index contributed by atoms with van der Waals surface area (Å²) in [5, 5.41) is 2.96. The second-order valence-corrected chi connectivity index (χ2v) is 11.2. The number of aryl methyl sites for hydroxylation is 1. The molecule has 0 fully saturated rings. The fourth-order valence-corrected chi connectivity index (χ4v) is 5.64. The van der Waals surface area contributed by atoms with Gasteiger partial charge in [0.05, 0.1) is 24.1 Å². The first-order valence-electron chi connectivity index (χ1n) is 13.1. The third-order valence-corrected chi connectivity index (χ3v) is 7.69. The Morgan fingerprint density at radius 3 is 2.24 bits per heavy atom. The van der Waals surface area contributed by atoms with Crippen LogP contribution in [0.4, 0.5) is 0 Å². The highest BCUT2D eigenvalue weighted by Gasteiger charge is 2.27. The third kappa shape index (κ3) is 10.0. The van der Waals surface area contributed by atoms with Crippen LogP contribution in [0.25, 0.3) is 0 Å². The van der Waals surface area contributed by atoms with Gasteiger partial charge in [-0.15, -0.1) is 0 Å². The molecule has 218 valence electrons. The number of methoxy groups -OCH3 is 1. The van der Waals surface area contributed by atoms with E-state index in [9.17, 15) is 13.2 Å². The summed E-state index contributed by atoms with van der Waals surface area (Å²) in [6, 6.07) is 0.576. The second kappa shape index (κ2) is 15.9. The van der Waals surface area contributed by atoms with Crippen molar-refractivity contribution in [3.63, 3.8) is 0 Å². The average Bonchev–Trinajstić information content (AvgIpc) is 2.82. The Bertz CT molecular complexity index is 1040. The van der Waals surface area contributed by atoms with Crippen LogP contribution in [0.1, 0.15) is 63.6 Å². The minimum absolute atomic E-state index is 0.140. The van der Waals surface area contributed by atoms with Crippen LogP contribution in [0.5, 0.6) is 5.75 Å². The Morgan fingerprint density at radius 1 is 1.11 bits per heavy atom. The first-order valence-corrected chi connectivity index (χ1v) is 14.5. The second-order valence-electron chi connectivity index (χ2n) is 9.62. The molecular weight excluding hydrogens is 510 g/mol. The number of carbonyl (C=O) groups is 1. The molecule has 0 aliphatic carbocycles. The number of nitrogens with two attached hydrogens (primary N) is 2. The molecule has 1 aromatic carbocycles. The molecule has 0 bridgehead atoms. The number of ether oxygens (including phenoxy) is 3. The van der Waals surface area contributed by atoms with E-state index in [-0.39, 0.29) is 29.3 Å². The summed E-state index contributed by atoms with van der Waals surface area (Å²) in [5.41, 5.74) is 13.8. The number of nitrogens with one attached hydrogen (secondary N) is 2. The van der Waals surface area contributed by atoms with Gasteiger partial charge in [0.15, 0.2) is 6.29 Å². The smallest absolute Gasteiger partial charge is 0.264 e. The zero-order valence-corrected chi connectivity index (χ0v) is 24.9. The largest absolute Gasteiger partial charge is 0.496 e. The van der Waals surface area contributed by atoms with Gasteiger partial charge in [0.25, 0.3) is 10.0 Å². The molecule has 0 saturated heterocycles. The Morgan fingerprint density at radius 2 is 1.71 bits per heavy atom. The Labute approximate surface area is 228 Å². The molecule has 2 atom stereocenters. The molecule has 1 aromatic rings. The van der Waals surface area contributed by atoms with Gasteiger partial charge < -0.3 is 31.0 Å². The van der Waals surface area contributed by atoms with Crippen molar-refractivity contribution in [2.45, 2.75) is 91.0 Å². The van der Waals surface area contributed by atoms with E-state index >= 15 is 0 Å². The molecule has 38 heavy (non-hydrogen) atoms. The van der Waals surface area contributed by atoms with Crippen molar-refractivity contribution in [1.29, 1.82) is 0 Å². The lowest BCUT2D eigenvalue weighted by Crippen LogP contribution is -2.51. The fourth-order valence-electron chi connectivity index (χ4n) is 4.15. The van der Waals surface area contributed by atoms with Crippen LogP contribution in [-0.2, 0) is 24.3 Å². The van der Waals surface area contributed by atoms with Gasteiger partial charge in [-0.25, -0.2) is 13.1 Å². The molecule has 11 nitrogen and oxygen atoms in total. The van der Waals surface area contributed by atoms with Crippen LogP contribution >= 0.6 is 0 Å². The predicted molar refractivity (Wildman–Crippen MR) is 150 cm³/mol.